The molecule has 0 aromatic rings. The van der Waals surface area contributed by atoms with E-state index in [1.54, 1.807) is 0 Å². The van der Waals surface area contributed by atoms with Crippen molar-refractivity contribution in [2.45, 2.75) is 46.5 Å². The maximum atomic E-state index is 12.6. The maximum absolute atomic E-state index is 12.6. The van der Waals surface area contributed by atoms with Gasteiger partial charge in [-0.2, -0.15) is 0 Å². The van der Waals surface area contributed by atoms with Crippen LogP contribution in [-0.2, 0) is 4.79 Å². The van der Waals surface area contributed by atoms with Crippen molar-refractivity contribution in [2.24, 2.45) is 17.3 Å². The van der Waals surface area contributed by atoms with Gasteiger partial charge in [-0.1, -0.05) is 20.8 Å². The minimum Gasteiger partial charge on any atom is -0.395 e. The molecule has 0 atom stereocenters. The molecule has 2 fully saturated rings. The second-order valence-electron chi connectivity index (χ2n) is 7.81. The second kappa shape index (κ2) is 7.10. The number of hydrogen-bond donors (Lipinski definition) is 1. The van der Waals surface area contributed by atoms with E-state index in [-0.39, 0.29) is 12.5 Å². The lowest BCUT2D eigenvalue weighted by Gasteiger charge is -2.40. The minimum absolute atomic E-state index is 0.213. The van der Waals surface area contributed by atoms with Crippen molar-refractivity contribution in [1.29, 1.82) is 0 Å². The van der Waals surface area contributed by atoms with E-state index in [2.05, 4.69) is 30.6 Å². The van der Waals surface area contributed by atoms with E-state index in [9.17, 15) is 4.79 Å². The van der Waals surface area contributed by atoms with Gasteiger partial charge in [0.2, 0.25) is 5.91 Å². The molecule has 0 aromatic carbocycles. The Bertz CT molecular complexity index is 335. The molecule has 122 valence electrons. The largest absolute Gasteiger partial charge is 0.395 e. The van der Waals surface area contributed by atoms with Gasteiger partial charge in [0.25, 0.3) is 0 Å². The van der Waals surface area contributed by atoms with Gasteiger partial charge in [0.15, 0.2) is 0 Å². The number of rotatable bonds is 3. The Balaban J connectivity index is 1.78. The van der Waals surface area contributed by atoms with Crippen LogP contribution in [0.1, 0.15) is 46.5 Å². The second-order valence-corrected chi connectivity index (χ2v) is 7.81. The van der Waals surface area contributed by atoms with Crippen molar-refractivity contribution in [1.82, 2.24) is 9.80 Å². The van der Waals surface area contributed by atoms with E-state index >= 15 is 0 Å². The van der Waals surface area contributed by atoms with Crippen LogP contribution in [-0.4, -0.2) is 60.1 Å². The normalized spacial score (nSPS) is 28.7. The van der Waals surface area contributed by atoms with Gasteiger partial charge in [-0.15, -0.1) is 0 Å². The molecule has 1 saturated heterocycles. The Morgan fingerprint density at radius 3 is 2.10 bits per heavy atom. The lowest BCUT2D eigenvalue weighted by molar-refractivity contribution is -0.139. The van der Waals surface area contributed by atoms with Gasteiger partial charge in [0, 0.05) is 38.6 Å². The molecule has 1 saturated carbocycles. The molecular formula is C17H32N2O2. The van der Waals surface area contributed by atoms with Crippen molar-refractivity contribution in [3.8, 4) is 0 Å². The molecule has 2 rings (SSSR count). The summed E-state index contributed by atoms with van der Waals surface area (Å²) in [5.74, 6) is 1.40. The highest BCUT2D eigenvalue weighted by Gasteiger charge is 2.34. The fraction of sp³-hybridized carbons (Fsp3) is 0.941. The van der Waals surface area contributed by atoms with Gasteiger partial charge in [-0.05, 0) is 37.0 Å². The van der Waals surface area contributed by atoms with E-state index in [1.807, 2.05) is 0 Å². The van der Waals surface area contributed by atoms with Gasteiger partial charge >= 0.3 is 0 Å². The minimum atomic E-state index is 0.213. The molecule has 0 bridgehead atoms. The number of hydrogen-bond acceptors (Lipinski definition) is 3. The topological polar surface area (TPSA) is 43.8 Å². The summed E-state index contributed by atoms with van der Waals surface area (Å²) in [5, 5.41) is 8.97. The number of carbonyl (C=O) groups is 1. The molecule has 2 aliphatic rings. The number of piperazine rings is 1. The Morgan fingerprint density at radius 1 is 1.05 bits per heavy atom. The number of carbonyl (C=O) groups excluding carboxylic acids is 1. The van der Waals surface area contributed by atoms with Crippen molar-refractivity contribution in [3.63, 3.8) is 0 Å². The van der Waals surface area contributed by atoms with E-state index in [0.29, 0.717) is 11.3 Å². The summed E-state index contributed by atoms with van der Waals surface area (Å²) in [4.78, 5) is 16.9. The molecule has 0 radical (unpaired) electrons. The van der Waals surface area contributed by atoms with E-state index in [0.717, 1.165) is 51.5 Å². The Hall–Kier alpha value is -0.610. The zero-order chi connectivity index (χ0) is 15.5. The molecule has 0 unspecified atom stereocenters. The van der Waals surface area contributed by atoms with Crippen LogP contribution in [0.3, 0.4) is 0 Å². The van der Waals surface area contributed by atoms with Crippen LogP contribution in [0, 0.1) is 17.3 Å². The third kappa shape index (κ3) is 4.43. The number of nitrogens with zero attached hydrogens (tertiary/aromatic N) is 2. The van der Waals surface area contributed by atoms with Crippen LogP contribution in [0.25, 0.3) is 0 Å². The predicted octanol–water partition coefficient (Wildman–Crippen LogP) is 1.98. The van der Waals surface area contributed by atoms with Crippen LogP contribution in [0.4, 0.5) is 0 Å². The monoisotopic (exact) mass is 296 g/mol. The zero-order valence-corrected chi connectivity index (χ0v) is 14.0. The van der Waals surface area contributed by atoms with E-state index in [4.69, 9.17) is 5.11 Å². The average Bonchev–Trinajstić information content (AvgIpc) is 2.47. The summed E-state index contributed by atoms with van der Waals surface area (Å²) in [5.41, 5.74) is 0.379. The lowest BCUT2D eigenvalue weighted by atomic mass is 9.69. The van der Waals surface area contributed by atoms with Crippen molar-refractivity contribution in [2.75, 3.05) is 39.3 Å². The fourth-order valence-electron chi connectivity index (χ4n) is 3.80. The van der Waals surface area contributed by atoms with Crippen LogP contribution in [0.5, 0.6) is 0 Å². The Labute approximate surface area is 129 Å². The molecule has 4 heteroatoms. The molecule has 21 heavy (non-hydrogen) atoms. The van der Waals surface area contributed by atoms with E-state index < -0.39 is 0 Å². The molecular weight excluding hydrogens is 264 g/mol. The SMILES string of the molecule is CC(C)(C)C1CCC(C(=O)N2CCN(CCO)CC2)CC1. The first-order valence-electron chi connectivity index (χ1n) is 8.54. The molecule has 1 aliphatic heterocycles. The average molecular weight is 296 g/mol. The number of aliphatic hydroxyl groups excluding tert-OH is 1. The number of aliphatic hydroxyl groups is 1. The third-order valence-electron chi connectivity index (χ3n) is 5.40. The summed E-state index contributed by atoms with van der Waals surface area (Å²) >= 11 is 0. The Morgan fingerprint density at radius 2 is 1.62 bits per heavy atom. The molecule has 0 spiro atoms. The van der Waals surface area contributed by atoms with Crippen LogP contribution in [0.15, 0.2) is 0 Å². The van der Waals surface area contributed by atoms with Crippen molar-refractivity contribution >= 4 is 5.91 Å². The number of β-amino-alcohol motifs (C(OH)–C–C–N with tert-alkyl or cyclic N) is 1. The fourth-order valence-corrected chi connectivity index (χ4v) is 3.80. The molecule has 1 amide bonds. The third-order valence-corrected chi connectivity index (χ3v) is 5.40. The Kier molecular flexibility index (Phi) is 5.67. The first-order chi connectivity index (χ1) is 9.91. The van der Waals surface area contributed by atoms with Gasteiger partial charge in [-0.3, -0.25) is 9.69 Å². The number of amides is 1. The molecule has 4 nitrogen and oxygen atoms in total. The molecule has 1 N–H and O–H groups in total. The first kappa shape index (κ1) is 16.8. The molecule has 0 aromatic heterocycles. The standard InChI is InChI=1S/C17H32N2O2/c1-17(2,3)15-6-4-14(5-7-15)16(21)19-10-8-18(9-11-19)12-13-20/h14-15,20H,4-13H2,1-3H3. The quantitative estimate of drug-likeness (QED) is 0.866. The first-order valence-corrected chi connectivity index (χ1v) is 8.54. The predicted molar refractivity (Wildman–Crippen MR) is 85.0 cm³/mol. The van der Waals surface area contributed by atoms with Crippen LogP contribution >= 0.6 is 0 Å². The smallest absolute Gasteiger partial charge is 0.225 e. The summed E-state index contributed by atoms with van der Waals surface area (Å²) in [6, 6.07) is 0. The summed E-state index contributed by atoms with van der Waals surface area (Å²) in [6.45, 7) is 11.4. The zero-order valence-electron chi connectivity index (χ0n) is 14.0. The molecule has 1 heterocycles. The molecule has 1 aliphatic carbocycles. The van der Waals surface area contributed by atoms with Gasteiger partial charge in [0.1, 0.15) is 0 Å². The van der Waals surface area contributed by atoms with Gasteiger partial charge in [-0.25, -0.2) is 0 Å². The maximum Gasteiger partial charge on any atom is 0.225 e. The summed E-state index contributed by atoms with van der Waals surface area (Å²) < 4.78 is 0. The van der Waals surface area contributed by atoms with Crippen molar-refractivity contribution in [3.05, 3.63) is 0 Å². The van der Waals surface area contributed by atoms with Crippen LogP contribution in [0.2, 0.25) is 0 Å². The highest BCUT2D eigenvalue weighted by Crippen LogP contribution is 2.40. The van der Waals surface area contributed by atoms with Gasteiger partial charge in [0.05, 0.1) is 6.61 Å². The summed E-state index contributed by atoms with van der Waals surface area (Å²) in [6.07, 6.45) is 4.53. The van der Waals surface area contributed by atoms with E-state index in [1.165, 1.54) is 12.8 Å². The van der Waals surface area contributed by atoms with Gasteiger partial charge < -0.3 is 10.0 Å². The summed E-state index contributed by atoms with van der Waals surface area (Å²) in [7, 11) is 0. The van der Waals surface area contributed by atoms with Crippen molar-refractivity contribution < 1.29 is 9.90 Å². The van der Waals surface area contributed by atoms with Crippen LogP contribution < -0.4 is 0 Å². The highest BCUT2D eigenvalue weighted by molar-refractivity contribution is 5.79. The highest BCUT2D eigenvalue weighted by atomic mass is 16.3. The lowest BCUT2D eigenvalue weighted by Crippen LogP contribution is -2.51.